The Morgan fingerprint density at radius 3 is 2.60 bits per heavy atom. The van der Waals surface area contributed by atoms with Crippen LogP contribution in [0.2, 0.25) is 0 Å². The highest BCUT2D eigenvalue weighted by atomic mass is 16.4. The van der Waals surface area contributed by atoms with E-state index >= 15 is 0 Å². The molecule has 20 heavy (non-hydrogen) atoms. The van der Waals surface area contributed by atoms with Crippen molar-refractivity contribution in [3.05, 3.63) is 71.3 Å². The molecule has 4 rings (SSSR count). The summed E-state index contributed by atoms with van der Waals surface area (Å²) in [6.45, 7) is 0. The Kier molecular flexibility index (Phi) is 2.21. The van der Waals surface area contributed by atoms with Gasteiger partial charge in [-0.2, -0.15) is 0 Å². The molecular weight excluding hydrogens is 248 g/mol. The van der Waals surface area contributed by atoms with Crippen LogP contribution in [0.4, 0.5) is 0 Å². The fourth-order valence-corrected chi connectivity index (χ4v) is 3.10. The summed E-state index contributed by atoms with van der Waals surface area (Å²) in [5, 5.41) is 11.1. The van der Waals surface area contributed by atoms with Gasteiger partial charge in [0.2, 0.25) is 0 Å². The summed E-state index contributed by atoms with van der Waals surface area (Å²) in [5.41, 5.74) is 5.41. The number of fused-ring (bicyclic) bond motifs is 4. The van der Waals surface area contributed by atoms with Crippen molar-refractivity contribution in [1.82, 2.24) is 0 Å². The fourth-order valence-electron chi connectivity index (χ4n) is 3.10. The molecule has 0 aliphatic heterocycles. The molecule has 96 valence electrons. The average molecular weight is 260 g/mol. The molecule has 0 atom stereocenters. The van der Waals surface area contributed by atoms with Crippen molar-refractivity contribution < 1.29 is 9.90 Å². The van der Waals surface area contributed by atoms with E-state index < -0.39 is 5.97 Å². The summed E-state index contributed by atoms with van der Waals surface area (Å²) in [7, 11) is 0. The summed E-state index contributed by atoms with van der Waals surface area (Å²) in [4.78, 5) is 11.3. The summed E-state index contributed by atoms with van der Waals surface area (Å²) >= 11 is 0. The second-order valence-corrected chi connectivity index (χ2v) is 5.18. The molecule has 2 nitrogen and oxygen atoms in total. The van der Waals surface area contributed by atoms with Gasteiger partial charge >= 0.3 is 5.97 Å². The van der Waals surface area contributed by atoms with Gasteiger partial charge in [-0.1, -0.05) is 36.4 Å². The summed E-state index contributed by atoms with van der Waals surface area (Å²) in [6, 6.07) is 18.0. The Balaban J connectivity index is 2.04. The Morgan fingerprint density at radius 2 is 1.75 bits per heavy atom. The van der Waals surface area contributed by atoms with Crippen molar-refractivity contribution in [2.24, 2.45) is 0 Å². The van der Waals surface area contributed by atoms with Crippen molar-refractivity contribution in [1.29, 1.82) is 0 Å². The average Bonchev–Trinajstić information content (AvgIpc) is 2.81. The third-order valence-corrected chi connectivity index (χ3v) is 4.02. The summed E-state index contributed by atoms with van der Waals surface area (Å²) < 4.78 is 0. The molecule has 0 saturated carbocycles. The number of hydrogen-bond acceptors (Lipinski definition) is 1. The smallest absolute Gasteiger partial charge is 0.336 e. The van der Waals surface area contributed by atoms with Crippen LogP contribution in [0.3, 0.4) is 0 Å². The molecule has 3 aromatic rings. The quantitative estimate of drug-likeness (QED) is 0.559. The van der Waals surface area contributed by atoms with Gasteiger partial charge in [-0.3, -0.25) is 0 Å². The van der Waals surface area contributed by atoms with E-state index in [9.17, 15) is 9.90 Å². The first-order valence-electron chi connectivity index (χ1n) is 6.61. The maximum absolute atomic E-state index is 11.3. The molecule has 0 fully saturated rings. The predicted octanol–water partition coefficient (Wildman–Crippen LogP) is 4.11. The van der Waals surface area contributed by atoms with Gasteiger partial charge in [0, 0.05) is 0 Å². The molecule has 0 heterocycles. The second kappa shape index (κ2) is 3.94. The molecule has 0 spiro atoms. The van der Waals surface area contributed by atoms with E-state index in [2.05, 4.69) is 18.2 Å². The molecule has 0 radical (unpaired) electrons. The SMILES string of the molecule is O=C(O)c1cccc2cc3c(cc12)Cc1ccccc1-3. The maximum Gasteiger partial charge on any atom is 0.336 e. The van der Waals surface area contributed by atoms with E-state index in [0.717, 1.165) is 17.2 Å². The van der Waals surface area contributed by atoms with Crippen LogP contribution >= 0.6 is 0 Å². The van der Waals surface area contributed by atoms with Gasteiger partial charge in [0.25, 0.3) is 0 Å². The van der Waals surface area contributed by atoms with Crippen LogP contribution in [0.15, 0.2) is 54.6 Å². The standard InChI is InChI=1S/C18H12O2/c19-18(20)15-7-3-5-12-9-17-13(10-16(12)15)8-11-4-1-2-6-14(11)17/h1-7,9-10H,8H2,(H,19,20). The van der Waals surface area contributed by atoms with Crippen molar-refractivity contribution in [3.8, 4) is 11.1 Å². The Labute approximate surface area is 116 Å². The topological polar surface area (TPSA) is 37.3 Å². The fraction of sp³-hybridized carbons (Fsp3) is 0.0556. The first-order valence-corrected chi connectivity index (χ1v) is 6.61. The monoisotopic (exact) mass is 260 g/mol. The van der Waals surface area contributed by atoms with Gasteiger partial charge in [0.05, 0.1) is 5.56 Å². The van der Waals surface area contributed by atoms with Gasteiger partial charge in [-0.15, -0.1) is 0 Å². The number of carboxylic acid groups (broad SMARTS) is 1. The van der Waals surface area contributed by atoms with E-state index in [-0.39, 0.29) is 0 Å². The molecule has 0 aromatic heterocycles. The maximum atomic E-state index is 11.3. The largest absolute Gasteiger partial charge is 0.478 e. The zero-order valence-electron chi connectivity index (χ0n) is 10.8. The Bertz CT molecular complexity index is 862. The van der Waals surface area contributed by atoms with Crippen LogP contribution in [0.5, 0.6) is 0 Å². The van der Waals surface area contributed by atoms with Crippen LogP contribution in [0.1, 0.15) is 21.5 Å². The lowest BCUT2D eigenvalue weighted by atomic mass is 9.97. The van der Waals surface area contributed by atoms with Crippen LogP contribution in [-0.4, -0.2) is 11.1 Å². The van der Waals surface area contributed by atoms with Crippen molar-refractivity contribution in [3.63, 3.8) is 0 Å². The van der Waals surface area contributed by atoms with E-state index in [1.54, 1.807) is 12.1 Å². The van der Waals surface area contributed by atoms with Gasteiger partial charge in [0.1, 0.15) is 0 Å². The van der Waals surface area contributed by atoms with Crippen LogP contribution in [0.25, 0.3) is 21.9 Å². The van der Waals surface area contributed by atoms with Crippen molar-refractivity contribution >= 4 is 16.7 Å². The lowest BCUT2D eigenvalue weighted by Gasteiger charge is -2.07. The zero-order chi connectivity index (χ0) is 13.7. The lowest BCUT2D eigenvalue weighted by Crippen LogP contribution is -1.97. The van der Waals surface area contributed by atoms with E-state index in [1.165, 1.54) is 22.3 Å². The number of rotatable bonds is 1. The van der Waals surface area contributed by atoms with Gasteiger partial charge in [-0.25, -0.2) is 4.79 Å². The van der Waals surface area contributed by atoms with Crippen LogP contribution in [0, 0.1) is 0 Å². The molecule has 1 N–H and O–H groups in total. The summed E-state index contributed by atoms with van der Waals surface area (Å²) in [6.07, 6.45) is 0.884. The highest BCUT2D eigenvalue weighted by Gasteiger charge is 2.19. The Morgan fingerprint density at radius 1 is 0.900 bits per heavy atom. The minimum absolute atomic E-state index is 0.376. The number of aromatic carboxylic acids is 1. The summed E-state index contributed by atoms with van der Waals surface area (Å²) in [5.74, 6) is -0.869. The normalized spacial score (nSPS) is 12.2. The third kappa shape index (κ3) is 1.48. The molecule has 2 heteroatoms. The number of carboxylic acids is 1. The number of hydrogen-bond donors (Lipinski definition) is 1. The van der Waals surface area contributed by atoms with Crippen molar-refractivity contribution in [2.75, 3.05) is 0 Å². The predicted molar refractivity (Wildman–Crippen MR) is 79.1 cm³/mol. The molecule has 3 aromatic carbocycles. The zero-order valence-corrected chi connectivity index (χ0v) is 10.8. The number of carbonyl (C=O) groups is 1. The second-order valence-electron chi connectivity index (χ2n) is 5.18. The van der Waals surface area contributed by atoms with Crippen LogP contribution in [-0.2, 0) is 6.42 Å². The first-order chi connectivity index (χ1) is 9.74. The van der Waals surface area contributed by atoms with Gasteiger partial charge in [0.15, 0.2) is 0 Å². The first kappa shape index (κ1) is 11.2. The molecule has 1 aliphatic carbocycles. The molecule has 0 unspecified atom stereocenters. The molecule has 0 bridgehead atoms. The minimum Gasteiger partial charge on any atom is -0.478 e. The molecule has 0 amide bonds. The van der Waals surface area contributed by atoms with E-state index in [4.69, 9.17) is 0 Å². The third-order valence-electron chi connectivity index (χ3n) is 4.02. The highest BCUT2D eigenvalue weighted by molar-refractivity contribution is 6.05. The number of benzene rings is 3. The van der Waals surface area contributed by atoms with Gasteiger partial charge < -0.3 is 5.11 Å². The molecule has 1 aliphatic rings. The minimum atomic E-state index is -0.869. The molecular formula is C18H12O2. The van der Waals surface area contributed by atoms with Crippen molar-refractivity contribution in [2.45, 2.75) is 6.42 Å². The van der Waals surface area contributed by atoms with E-state index in [1.807, 2.05) is 24.3 Å². The van der Waals surface area contributed by atoms with E-state index in [0.29, 0.717) is 5.56 Å². The molecule has 0 saturated heterocycles. The van der Waals surface area contributed by atoms with Crippen LogP contribution < -0.4 is 0 Å². The highest BCUT2D eigenvalue weighted by Crippen LogP contribution is 2.39. The Hall–Kier alpha value is -2.61. The lowest BCUT2D eigenvalue weighted by molar-refractivity contribution is 0.0699. The van der Waals surface area contributed by atoms with Gasteiger partial charge in [-0.05, 0) is 57.6 Å².